The number of rotatable bonds is 3. The van der Waals surface area contributed by atoms with Gasteiger partial charge in [0, 0.05) is 6.54 Å². The lowest BCUT2D eigenvalue weighted by Crippen LogP contribution is -2.31. The number of β-amino-alcohol motifs (C(OH)–C–C–N with tert-alkyl or cyclic N) is 1. The number of hydrogen-bond donors (Lipinski definition) is 1. The summed E-state index contributed by atoms with van der Waals surface area (Å²) < 4.78 is 0. The van der Waals surface area contributed by atoms with Crippen LogP contribution in [0.2, 0.25) is 0 Å². The molecule has 0 radical (unpaired) electrons. The Labute approximate surface area is 68.2 Å². The highest BCUT2D eigenvalue weighted by Crippen LogP contribution is 2.33. The Morgan fingerprint density at radius 3 is 2.45 bits per heavy atom. The fourth-order valence-corrected chi connectivity index (χ4v) is 1.86. The molecule has 1 N–H and O–H groups in total. The smallest absolute Gasteiger partial charge is 0.0695 e. The van der Waals surface area contributed by atoms with E-state index in [0.29, 0.717) is 5.92 Å². The van der Waals surface area contributed by atoms with Gasteiger partial charge in [-0.15, -0.1) is 0 Å². The average molecular weight is 155 g/mol. The van der Waals surface area contributed by atoms with Gasteiger partial charge < -0.3 is 10.0 Å². The molecule has 1 aliphatic heterocycles. The summed E-state index contributed by atoms with van der Waals surface area (Å²) in [5.41, 5.74) is 0. The lowest BCUT2D eigenvalue weighted by molar-refractivity contribution is 0.106. The molecule has 1 unspecified atom stereocenters. The highest BCUT2D eigenvalue weighted by molar-refractivity contribution is 4.83. The van der Waals surface area contributed by atoms with Gasteiger partial charge in [0.15, 0.2) is 0 Å². The number of aliphatic hydroxyl groups is 1. The maximum absolute atomic E-state index is 9.61. The van der Waals surface area contributed by atoms with Gasteiger partial charge in [-0.25, -0.2) is 0 Å². The molecule has 11 heavy (non-hydrogen) atoms. The van der Waals surface area contributed by atoms with Crippen molar-refractivity contribution in [2.24, 2.45) is 5.92 Å². The van der Waals surface area contributed by atoms with Crippen LogP contribution in [0.3, 0.4) is 0 Å². The molecule has 0 amide bonds. The normalized spacial score (nSPS) is 29.2. The van der Waals surface area contributed by atoms with E-state index in [1.165, 1.54) is 38.8 Å². The second-order valence-electron chi connectivity index (χ2n) is 3.91. The minimum Gasteiger partial charge on any atom is -0.392 e. The maximum Gasteiger partial charge on any atom is 0.0695 e. The van der Waals surface area contributed by atoms with Gasteiger partial charge in [-0.2, -0.15) is 0 Å². The first-order valence-electron chi connectivity index (χ1n) is 4.76. The molecule has 0 aromatic carbocycles. The molecule has 1 saturated heterocycles. The Bertz CT molecular complexity index is 128. The Balaban J connectivity index is 1.70. The van der Waals surface area contributed by atoms with Gasteiger partial charge in [0.05, 0.1) is 6.10 Å². The topological polar surface area (TPSA) is 23.5 Å². The summed E-state index contributed by atoms with van der Waals surface area (Å²) in [5, 5.41) is 9.61. The van der Waals surface area contributed by atoms with Crippen LogP contribution in [-0.2, 0) is 0 Å². The van der Waals surface area contributed by atoms with Crippen LogP contribution in [0.4, 0.5) is 0 Å². The molecule has 0 spiro atoms. The molecule has 1 saturated carbocycles. The molecule has 0 aromatic rings. The third kappa shape index (κ3) is 1.94. The number of hydrogen-bond acceptors (Lipinski definition) is 2. The predicted octanol–water partition coefficient (Wildman–Crippen LogP) is 0.853. The lowest BCUT2D eigenvalue weighted by Gasteiger charge is -2.18. The molecule has 2 nitrogen and oxygen atoms in total. The van der Waals surface area contributed by atoms with Crippen molar-refractivity contribution in [1.29, 1.82) is 0 Å². The van der Waals surface area contributed by atoms with E-state index in [4.69, 9.17) is 0 Å². The molecule has 0 aromatic heterocycles. The van der Waals surface area contributed by atoms with Gasteiger partial charge in [-0.3, -0.25) is 0 Å². The van der Waals surface area contributed by atoms with Crippen molar-refractivity contribution < 1.29 is 5.11 Å². The number of nitrogens with zero attached hydrogens (tertiary/aromatic N) is 1. The van der Waals surface area contributed by atoms with Gasteiger partial charge in [0.2, 0.25) is 0 Å². The van der Waals surface area contributed by atoms with Crippen molar-refractivity contribution in [3.63, 3.8) is 0 Å². The molecular formula is C9H17NO. The third-order valence-electron chi connectivity index (χ3n) is 2.81. The zero-order valence-corrected chi connectivity index (χ0v) is 7.00. The summed E-state index contributed by atoms with van der Waals surface area (Å²) in [6, 6.07) is 0. The van der Waals surface area contributed by atoms with E-state index in [1.54, 1.807) is 0 Å². The monoisotopic (exact) mass is 155 g/mol. The van der Waals surface area contributed by atoms with Gasteiger partial charge in [-0.05, 0) is 44.7 Å². The summed E-state index contributed by atoms with van der Waals surface area (Å²) in [6.45, 7) is 3.36. The second-order valence-corrected chi connectivity index (χ2v) is 3.91. The third-order valence-corrected chi connectivity index (χ3v) is 2.81. The van der Waals surface area contributed by atoms with E-state index < -0.39 is 0 Å². The zero-order valence-electron chi connectivity index (χ0n) is 7.00. The van der Waals surface area contributed by atoms with E-state index in [-0.39, 0.29) is 6.10 Å². The average Bonchev–Trinajstić information content (AvgIpc) is 2.73. The van der Waals surface area contributed by atoms with E-state index in [9.17, 15) is 5.11 Å². The molecule has 2 rings (SSSR count). The van der Waals surface area contributed by atoms with Crippen LogP contribution < -0.4 is 0 Å². The van der Waals surface area contributed by atoms with Crippen molar-refractivity contribution in [3.8, 4) is 0 Å². The molecule has 2 aliphatic rings. The van der Waals surface area contributed by atoms with E-state index in [2.05, 4.69) is 4.90 Å². The summed E-state index contributed by atoms with van der Waals surface area (Å²) in [7, 11) is 0. The van der Waals surface area contributed by atoms with Crippen molar-refractivity contribution >= 4 is 0 Å². The van der Waals surface area contributed by atoms with Gasteiger partial charge >= 0.3 is 0 Å². The maximum atomic E-state index is 9.61. The number of aliphatic hydroxyl groups excluding tert-OH is 1. The van der Waals surface area contributed by atoms with Crippen LogP contribution in [0.25, 0.3) is 0 Å². The van der Waals surface area contributed by atoms with Crippen LogP contribution in [-0.4, -0.2) is 35.7 Å². The van der Waals surface area contributed by atoms with Crippen molar-refractivity contribution in [3.05, 3.63) is 0 Å². The molecule has 2 heteroatoms. The van der Waals surface area contributed by atoms with Gasteiger partial charge in [0.25, 0.3) is 0 Å². The predicted molar refractivity (Wildman–Crippen MR) is 44.4 cm³/mol. The van der Waals surface area contributed by atoms with Gasteiger partial charge in [-0.1, -0.05) is 0 Å². The molecule has 1 atom stereocenters. The van der Waals surface area contributed by atoms with Crippen LogP contribution in [0.5, 0.6) is 0 Å². The Morgan fingerprint density at radius 2 is 1.91 bits per heavy atom. The molecule has 0 bridgehead atoms. The van der Waals surface area contributed by atoms with Crippen LogP contribution in [0, 0.1) is 5.92 Å². The minimum atomic E-state index is -0.0203. The fourth-order valence-electron chi connectivity index (χ4n) is 1.86. The van der Waals surface area contributed by atoms with Crippen LogP contribution in [0.15, 0.2) is 0 Å². The highest BCUT2D eigenvalue weighted by atomic mass is 16.3. The summed E-state index contributed by atoms with van der Waals surface area (Å²) in [5.74, 6) is 0.649. The van der Waals surface area contributed by atoms with Crippen LogP contribution in [0.1, 0.15) is 25.7 Å². The first kappa shape index (κ1) is 7.56. The quantitative estimate of drug-likeness (QED) is 0.653. The Morgan fingerprint density at radius 1 is 1.27 bits per heavy atom. The first-order valence-corrected chi connectivity index (χ1v) is 4.76. The van der Waals surface area contributed by atoms with E-state index in [1.807, 2.05) is 0 Å². The molecule has 1 aliphatic carbocycles. The fraction of sp³-hybridized carbons (Fsp3) is 1.00. The van der Waals surface area contributed by atoms with Crippen LogP contribution >= 0.6 is 0 Å². The zero-order chi connectivity index (χ0) is 7.68. The first-order chi connectivity index (χ1) is 5.36. The number of likely N-dealkylation sites (tertiary alicyclic amines) is 1. The lowest BCUT2D eigenvalue weighted by atomic mass is 10.2. The summed E-state index contributed by atoms with van der Waals surface area (Å²) in [4.78, 5) is 2.39. The largest absolute Gasteiger partial charge is 0.392 e. The summed E-state index contributed by atoms with van der Waals surface area (Å²) in [6.07, 6.45) is 5.16. The second kappa shape index (κ2) is 3.11. The van der Waals surface area contributed by atoms with Crippen molar-refractivity contribution in [2.45, 2.75) is 31.8 Å². The van der Waals surface area contributed by atoms with E-state index >= 15 is 0 Å². The molecule has 2 fully saturated rings. The SMILES string of the molecule is OC(CN1CCCC1)C1CC1. The van der Waals surface area contributed by atoms with Crippen molar-refractivity contribution in [1.82, 2.24) is 4.90 Å². The Hall–Kier alpha value is -0.0800. The molecule has 64 valence electrons. The van der Waals surface area contributed by atoms with E-state index in [0.717, 1.165) is 6.54 Å². The van der Waals surface area contributed by atoms with Crippen molar-refractivity contribution in [2.75, 3.05) is 19.6 Å². The minimum absolute atomic E-state index is 0.0203. The highest BCUT2D eigenvalue weighted by Gasteiger charge is 2.31. The summed E-state index contributed by atoms with van der Waals surface area (Å²) >= 11 is 0. The Kier molecular flexibility index (Phi) is 2.14. The molecular weight excluding hydrogens is 138 g/mol. The van der Waals surface area contributed by atoms with Gasteiger partial charge in [0.1, 0.15) is 0 Å². The molecule has 1 heterocycles. The standard InChI is InChI=1S/C9H17NO/c11-9(8-3-4-8)7-10-5-1-2-6-10/h8-9,11H,1-7H2.